The molecule has 11 nitrogen and oxygen atoms in total. The molecule has 12 heteroatoms. The maximum Gasteiger partial charge on any atom is 0.284 e. The monoisotopic (exact) mass is 548 g/mol. The molecule has 0 unspecified atom stereocenters. The third-order valence-corrected chi connectivity index (χ3v) is 7.06. The van der Waals surface area contributed by atoms with Gasteiger partial charge in [-0.1, -0.05) is 23.8 Å². The van der Waals surface area contributed by atoms with E-state index in [2.05, 4.69) is 14.8 Å². The highest BCUT2D eigenvalue weighted by Gasteiger charge is 2.15. The molecular formula is C27H28N6O5S. The van der Waals surface area contributed by atoms with Crippen LogP contribution in [0.5, 0.6) is 11.5 Å². The van der Waals surface area contributed by atoms with Crippen molar-refractivity contribution < 1.29 is 22.7 Å². The van der Waals surface area contributed by atoms with Crippen molar-refractivity contribution in [2.45, 2.75) is 32.2 Å². The molecule has 202 valence electrons. The lowest BCUT2D eigenvalue weighted by Crippen LogP contribution is -2.28. The van der Waals surface area contributed by atoms with Gasteiger partial charge in [0.2, 0.25) is 5.91 Å². The van der Waals surface area contributed by atoms with Crippen molar-refractivity contribution in [2.75, 3.05) is 5.32 Å². The minimum Gasteiger partial charge on any atom is -0.456 e. The summed E-state index contributed by atoms with van der Waals surface area (Å²) in [6.07, 6.45) is 1.44. The molecule has 39 heavy (non-hydrogen) atoms. The summed E-state index contributed by atoms with van der Waals surface area (Å²) in [7, 11) is -2.35. The smallest absolute Gasteiger partial charge is 0.284 e. The summed E-state index contributed by atoms with van der Waals surface area (Å²) in [5.41, 5.74) is 8.79. The number of nitrogens with one attached hydrogen (secondary N) is 1. The standard InChI is InChI=1S/C27H28N6O5S/c1-17-5-10-22(11-6-17)39(36,37)31-26-12-9-21(15-33(26)16-25(28)34)38-20-8-7-18(2)23(14-20)29-27(35)24-13-19(3)30-32(24)4/h5-15H,16H2,1-4H3,(H2,28,34)(H,29,35). The van der Waals surface area contributed by atoms with Crippen LogP contribution in [0, 0.1) is 20.8 Å². The Morgan fingerprint density at radius 3 is 2.33 bits per heavy atom. The van der Waals surface area contributed by atoms with Gasteiger partial charge in [-0.15, -0.1) is 4.40 Å². The van der Waals surface area contributed by atoms with Gasteiger partial charge >= 0.3 is 0 Å². The second-order valence-electron chi connectivity index (χ2n) is 9.02. The summed E-state index contributed by atoms with van der Waals surface area (Å²) in [6, 6.07) is 16.1. The highest BCUT2D eigenvalue weighted by Crippen LogP contribution is 2.27. The quantitative estimate of drug-likeness (QED) is 0.346. The molecule has 0 radical (unpaired) electrons. The Morgan fingerprint density at radius 2 is 1.69 bits per heavy atom. The number of anilines is 1. The summed E-state index contributed by atoms with van der Waals surface area (Å²) >= 11 is 0. The number of aryl methyl sites for hydroxylation is 4. The third-order valence-electron chi connectivity index (χ3n) is 5.76. The van der Waals surface area contributed by atoms with Crippen LogP contribution in [-0.2, 0) is 28.4 Å². The Morgan fingerprint density at radius 1 is 1.00 bits per heavy atom. The van der Waals surface area contributed by atoms with Crippen molar-refractivity contribution in [3.05, 3.63) is 94.9 Å². The first-order valence-electron chi connectivity index (χ1n) is 11.9. The maximum absolute atomic E-state index is 12.8. The minimum absolute atomic E-state index is 0.00468. The second-order valence-corrected chi connectivity index (χ2v) is 10.6. The van der Waals surface area contributed by atoms with Gasteiger partial charge in [0.25, 0.3) is 15.9 Å². The molecule has 4 rings (SSSR count). The zero-order valence-corrected chi connectivity index (χ0v) is 22.7. The second kappa shape index (κ2) is 11.0. The van der Waals surface area contributed by atoms with Crippen molar-refractivity contribution in [1.82, 2.24) is 14.3 Å². The van der Waals surface area contributed by atoms with Crippen molar-refractivity contribution in [2.24, 2.45) is 17.2 Å². The Hall–Kier alpha value is -4.71. The van der Waals surface area contributed by atoms with Crippen LogP contribution in [0.3, 0.4) is 0 Å². The predicted octanol–water partition coefficient (Wildman–Crippen LogP) is 2.97. The first kappa shape index (κ1) is 27.3. The van der Waals surface area contributed by atoms with E-state index in [4.69, 9.17) is 10.5 Å². The Labute approximate surface area is 225 Å². The minimum atomic E-state index is -4.04. The van der Waals surface area contributed by atoms with E-state index in [-0.39, 0.29) is 22.8 Å². The molecule has 0 aliphatic heterocycles. The molecule has 2 aromatic heterocycles. The normalized spacial score (nSPS) is 11.8. The van der Waals surface area contributed by atoms with Gasteiger partial charge in [0.15, 0.2) is 0 Å². The van der Waals surface area contributed by atoms with E-state index in [1.165, 1.54) is 39.7 Å². The highest BCUT2D eigenvalue weighted by molar-refractivity contribution is 7.90. The summed E-state index contributed by atoms with van der Waals surface area (Å²) in [4.78, 5) is 24.5. The molecule has 2 heterocycles. The number of amides is 2. The van der Waals surface area contributed by atoms with Crippen LogP contribution < -0.4 is 21.3 Å². The average Bonchev–Trinajstić information content (AvgIpc) is 3.20. The summed E-state index contributed by atoms with van der Waals surface area (Å²) < 4.78 is 38.4. The van der Waals surface area contributed by atoms with Crippen molar-refractivity contribution >= 4 is 27.5 Å². The fourth-order valence-corrected chi connectivity index (χ4v) is 4.78. The van der Waals surface area contributed by atoms with Crippen molar-refractivity contribution in [3.63, 3.8) is 0 Å². The van der Waals surface area contributed by atoms with E-state index >= 15 is 0 Å². The first-order chi connectivity index (χ1) is 18.4. The van der Waals surface area contributed by atoms with Gasteiger partial charge < -0.3 is 20.4 Å². The largest absolute Gasteiger partial charge is 0.456 e. The molecule has 0 saturated heterocycles. The summed E-state index contributed by atoms with van der Waals surface area (Å²) in [6.45, 7) is 5.18. The molecule has 4 aromatic rings. The van der Waals surface area contributed by atoms with E-state index in [0.717, 1.165) is 16.8 Å². The van der Waals surface area contributed by atoms with Crippen LogP contribution in [0.2, 0.25) is 0 Å². The SMILES string of the molecule is Cc1ccc(S(=O)(=O)N=c2ccc(Oc3ccc(C)c(NC(=O)c4cc(C)nn4C)c3)cn2CC(N)=O)cc1. The number of pyridine rings is 1. The predicted molar refractivity (Wildman–Crippen MR) is 145 cm³/mol. The highest BCUT2D eigenvalue weighted by atomic mass is 32.2. The van der Waals surface area contributed by atoms with Gasteiger partial charge in [-0.3, -0.25) is 14.3 Å². The van der Waals surface area contributed by atoms with Gasteiger partial charge in [-0.05, 0) is 62.7 Å². The molecular weight excluding hydrogens is 520 g/mol. The van der Waals surface area contributed by atoms with Crippen molar-refractivity contribution in [3.8, 4) is 11.5 Å². The summed E-state index contributed by atoms with van der Waals surface area (Å²) in [5, 5.41) is 7.07. The fraction of sp³-hybridized carbons (Fsp3) is 0.185. The van der Waals surface area contributed by atoms with Gasteiger partial charge in [-0.25, -0.2) is 0 Å². The molecule has 2 amide bonds. The zero-order chi connectivity index (χ0) is 28.3. The van der Waals surface area contributed by atoms with E-state index in [9.17, 15) is 18.0 Å². The topological polar surface area (TPSA) is 151 Å². The number of carbonyl (C=O) groups excluding carboxylic acids is 2. The average molecular weight is 549 g/mol. The number of hydrogen-bond donors (Lipinski definition) is 2. The number of ether oxygens (including phenoxy) is 1. The van der Waals surface area contributed by atoms with Crippen molar-refractivity contribution in [1.29, 1.82) is 0 Å². The summed E-state index contributed by atoms with van der Waals surface area (Å²) in [5.74, 6) is -0.309. The maximum atomic E-state index is 12.8. The van der Waals surface area contributed by atoms with Crippen LogP contribution >= 0.6 is 0 Å². The molecule has 0 bridgehead atoms. The van der Waals surface area contributed by atoms with Gasteiger partial charge in [-0.2, -0.15) is 13.5 Å². The number of benzene rings is 2. The van der Waals surface area contributed by atoms with Crippen LogP contribution in [0.1, 0.15) is 27.3 Å². The number of sulfonamides is 1. The molecule has 0 saturated carbocycles. The number of carbonyl (C=O) groups is 2. The number of hydrogen-bond acceptors (Lipinski definition) is 6. The Kier molecular flexibility index (Phi) is 7.68. The zero-order valence-electron chi connectivity index (χ0n) is 21.9. The molecule has 0 spiro atoms. The molecule has 0 atom stereocenters. The molecule has 0 aliphatic carbocycles. The van der Waals surface area contributed by atoms with Crippen LogP contribution in [-0.4, -0.2) is 34.6 Å². The van der Waals surface area contributed by atoms with E-state index in [1.807, 2.05) is 13.8 Å². The first-order valence-corrected chi connectivity index (χ1v) is 13.3. The van der Waals surface area contributed by atoms with Gasteiger partial charge in [0, 0.05) is 25.0 Å². The molecule has 2 aromatic carbocycles. The lowest BCUT2D eigenvalue weighted by molar-refractivity contribution is -0.118. The Balaban J connectivity index is 1.63. The number of aromatic nitrogens is 3. The van der Waals surface area contributed by atoms with Crippen LogP contribution in [0.25, 0.3) is 0 Å². The lowest BCUT2D eigenvalue weighted by atomic mass is 10.2. The number of primary amides is 1. The van der Waals surface area contributed by atoms with Crippen LogP contribution in [0.15, 0.2) is 76.2 Å². The molecule has 0 fully saturated rings. The van der Waals surface area contributed by atoms with E-state index in [0.29, 0.717) is 22.9 Å². The lowest BCUT2D eigenvalue weighted by Gasteiger charge is -2.13. The number of nitrogens with two attached hydrogens (primary N) is 1. The fourth-order valence-electron chi connectivity index (χ4n) is 3.78. The third kappa shape index (κ3) is 6.60. The van der Waals surface area contributed by atoms with E-state index < -0.39 is 15.9 Å². The van der Waals surface area contributed by atoms with E-state index in [1.54, 1.807) is 50.4 Å². The number of rotatable bonds is 8. The number of nitrogens with zero attached hydrogens (tertiary/aromatic N) is 4. The van der Waals surface area contributed by atoms with Gasteiger partial charge in [0.05, 0.1) is 10.6 Å². The molecule has 3 N–H and O–H groups in total. The van der Waals surface area contributed by atoms with Crippen LogP contribution in [0.4, 0.5) is 5.69 Å². The Bertz CT molecular complexity index is 1740. The molecule has 0 aliphatic rings. The van der Waals surface area contributed by atoms with Gasteiger partial charge in [0.1, 0.15) is 29.2 Å².